The summed E-state index contributed by atoms with van der Waals surface area (Å²) in [7, 11) is 1.69. The first-order valence-corrected chi connectivity index (χ1v) is 4.53. The van der Waals surface area contributed by atoms with Gasteiger partial charge in [-0.3, -0.25) is 0 Å². The van der Waals surface area contributed by atoms with Gasteiger partial charge in [-0.2, -0.15) is 0 Å². The average Bonchev–Trinajstić information content (AvgIpc) is 2.08. The molecule has 0 aliphatic rings. The van der Waals surface area contributed by atoms with Gasteiger partial charge in [-0.1, -0.05) is 12.1 Å². The smallest absolute Gasteiger partial charge is 0.122 e. The second-order valence-corrected chi connectivity index (χ2v) is 3.44. The van der Waals surface area contributed by atoms with Crippen molar-refractivity contribution < 1.29 is 4.74 Å². The zero-order valence-electron chi connectivity index (χ0n) is 8.50. The number of methoxy groups -OCH3 is 1. The zero-order chi connectivity index (χ0) is 9.84. The van der Waals surface area contributed by atoms with Crippen molar-refractivity contribution in [1.82, 2.24) is 0 Å². The number of ether oxygens (including phenoxy) is 1. The Hall–Kier alpha value is -1.02. The Balaban J connectivity index is 3.00. The summed E-state index contributed by atoms with van der Waals surface area (Å²) in [5.74, 6) is 0.942. The lowest BCUT2D eigenvalue weighted by molar-refractivity contribution is 0.408. The first-order chi connectivity index (χ1) is 6.15. The van der Waals surface area contributed by atoms with Gasteiger partial charge in [0.1, 0.15) is 5.75 Å². The van der Waals surface area contributed by atoms with Crippen LogP contribution in [0.2, 0.25) is 0 Å². The van der Waals surface area contributed by atoms with Crippen molar-refractivity contribution in [3.8, 4) is 5.75 Å². The maximum atomic E-state index is 5.76. The molecule has 0 fully saturated rings. The predicted octanol–water partition coefficient (Wildman–Crippen LogP) is 1.89. The molecule has 1 atom stereocenters. The zero-order valence-corrected chi connectivity index (χ0v) is 8.50. The van der Waals surface area contributed by atoms with E-state index in [4.69, 9.17) is 10.5 Å². The number of aryl methyl sites for hydroxylation is 1. The van der Waals surface area contributed by atoms with Gasteiger partial charge >= 0.3 is 0 Å². The Morgan fingerprint density at radius 3 is 2.69 bits per heavy atom. The lowest BCUT2D eigenvalue weighted by atomic mass is 10.0. The Kier molecular flexibility index (Phi) is 3.32. The van der Waals surface area contributed by atoms with E-state index in [1.54, 1.807) is 7.11 Å². The highest BCUT2D eigenvalue weighted by atomic mass is 16.5. The normalized spacial score (nSPS) is 12.6. The Morgan fingerprint density at radius 1 is 1.46 bits per heavy atom. The Bertz CT molecular complexity index is 281. The monoisotopic (exact) mass is 179 g/mol. The number of hydrogen-bond donors (Lipinski definition) is 1. The van der Waals surface area contributed by atoms with Crippen LogP contribution in [0, 0.1) is 6.92 Å². The third-order valence-electron chi connectivity index (χ3n) is 2.11. The number of nitrogens with two attached hydrogens (primary N) is 1. The van der Waals surface area contributed by atoms with Gasteiger partial charge in [0.05, 0.1) is 7.11 Å². The second-order valence-electron chi connectivity index (χ2n) is 3.44. The van der Waals surface area contributed by atoms with E-state index in [2.05, 4.69) is 13.0 Å². The van der Waals surface area contributed by atoms with E-state index in [1.165, 1.54) is 11.1 Å². The first-order valence-electron chi connectivity index (χ1n) is 4.53. The molecule has 0 amide bonds. The van der Waals surface area contributed by atoms with Crippen LogP contribution in [0.1, 0.15) is 18.1 Å². The summed E-state index contributed by atoms with van der Waals surface area (Å²) in [5, 5.41) is 0. The highest BCUT2D eigenvalue weighted by molar-refractivity contribution is 5.40. The molecule has 0 bridgehead atoms. The van der Waals surface area contributed by atoms with Crippen LogP contribution in [0.15, 0.2) is 18.2 Å². The number of hydrogen-bond acceptors (Lipinski definition) is 2. The summed E-state index contributed by atoms with van der Waals surface area (Å²) in [5.41, 5.74) is 8.23. The van der Waals surface area contributed by atoms with Gasteiger partial charge in [0.25, 0.3) is 0 Å². The van der Waals surface area contributed by atoms with Crippen molar-refractivity contribution in [3.05, 3.63) is 29.3 Å². The third-order valence-corrected chi connectivity index (χ3v) is 2.11. The van der Waals surface area contributed by atoms with Crippen LogP contribution in [0.25, 0.3) is 0 Å². The number of benzene rings is 1. The molecule has 0 unspecified atom stereocenters. The maximum Gasteiger partial charge on any atom is 0.122 e. The molecule has 0 radical (unpaired) electrons. The van der Waals surface area contributed by atoms with Crippen molar-refractivity contribution in [1.29, 1.82) is 0 Å². The van der Waals surface area contributed by atoms with Crippen LogP contribution < -0.4 is 10.5 Å². The van der Waals surface area contributed by atoms with Crippen molar-refractivity contribution in [2.45, 2.75) is 26.3 Å². The van der Waals surface area contributed by atoms with Crippen molar-refractivity contribution in [2.75, 3.05) is 7.11 Å². The fraction of sp³-hybridized carbons (Fsp3) is 0.455. The largest absolute Gasteiger partial charge is 0.496 e. The summed E-state index contributed by atoms with van der Waals surface area (Å²) < 4.78 is 5.27. The molecule has 0 aliphatic carbocycles. The van der Waals surface area contributed by atoms with Crippen molar-refractivity contribution >= 4 is 0 Å². The lowest BCUT2D eigenvalue weighted by Gasteiger charge is -2.13. The molecule has 0 aliphatic heterocycles. The summed E-state index contributed by atoms with van der Waals surface area (Å²) in [6.07, 6.45) is 0.871. The van der Waals surface area contributed by atoms with E-state index in [0.717, 1.165) is 12.2 Å². The SMILES string of the molecule is COc1cccc(C)c1C[C@H](C)N. The highest BCUT2D eigenvalue weighted by Crippen LogP contribution is 2.22. The van der Waals surface area contributed by atoms with E-state index in [9.17, 15) is 0 Å². The molecule has 2 N–H and O–H groups in total. The van der Waals surface area contributed by atoms with Gasteiger partial charge in [-0.05, 0) is 37.5 Å². The highest BCUT2D eigenvalue weighted by Gasteiger charge is 2.07. The molecule has 0 aromatic heterocycles. The van der Waals surface area contributed by atoms with Crippen LogP contribution in [-0.2, 0) is 6.42 Å². The van der Waals surface area contributed by atoms with Crippen LogP contribution in [-0.4, -0.2) is 13.2 Å². The molecule has 2 heteroatoms. The molecule has 1 rings (SSSR count). The van der Waals surface area contributed by atoms with E-state index < -0.39 is 0 Å². The van der Waals surface area contributed by atoms with Gasteiger partial charge < -0.3 is 10.5 Å². The number of rotatable bonds is 3. The average molecular weight is 179 g/mol. The molecule has 2 nitrogen and oxygen atoms in total. The Morgan fingerprint density at radius 2 is 2.15 bits per heavy atom. The first kappa shape index (κ1) is 10.1. The van der Waals surface area contributed by atoms with Crippen molar-refractivity contribution in [3.63, 3.8) is 0 Å². The van der Waals surface area contributed by atoms with Crippen LogP contribution in [0.5, 0.6) is 5.75 Å². The van der Waals surface area contributed by atoms with E-state index >= 15 is 0 Å². The van der Waals surface area contributed by atoms with Gasteiger partial charge in [0.15, 0.2) is 0 Å². The van der Waals surface area contributed by atoms with Gasteiger partial charge in [-0.15, -0.1) is 0 Å². The molecule has 0 spiro atoms. The van der Waals surface area contributed by atoms with Crippen molar-refractivity contribution in [2.24, 2.45) is 5.73 Å². The van der Waals surface area contributed by atoms with Crippen LogP contribution in [0.3, 0.4) is 0 Å². The molecular formula is C11H17NO. The molecule has 1 aromatic carbocycles. The molecule has 1 aromatic rings. The fourth-order valence-corrected chi connectivity index (χ4v) is 1.45. The van der Waals surface area contributed by atoms with Gasteiger partial charge in [-0.25, -0.2) is 0 Å². The quantitative estimate of drug-likeness (QED) is 0.769. The second kappa shape index (κ2) is 4.28. The maximum absolute atomic E-state index is 5.76. The molecule has 0 saturated carbocycles. The molecule has 0 saturated heterocycles. The minimum Gasteiger partial charge on any atom is -0.496 e. The van der Waals surface area contributed by atoms with Crippen LogP contribution >= 0.6 is 0 Å². The fourth-order valence-electron chi connectivity index (χ4n) is 1.45. The van der Waals surface area contributed by atoms with Crippen LogP contribution in [0.4, 0.5) is 0 Å². The molecule has 0 heterocycles. The predicted molar refractivity (Wildman–Crippen MR) is 55.1 cm³/mol. The summed E-state index contributed by atoms with van der Waals surface area (Å²) in [4.78, 5) is 0. The standard InChI is InChI=1S/C11H17NO/c1-8-5-4-6-11(13-3)10(8)7-9(2)12/h4-6,9H,7,12H2,1-3H3/t9-/m0/s1. The lowest BCUT2D eigenvalue weighted by Crippen LogP contribution is -2.18. The van der Waals surface area contributed by atoms with E-state index in [0.29, 0.717) is 0 Å². The van der Waals surface area contributed by atoms with Gasteiger partial charge in [0.2, 0.25) is 0 Å². The molecule has 72 valence electrons. The minimum absolute atomic E-state index is 0.176. The Labute approximate surface area is 79.7 Å². The summed E-state index contributed by atoms with van der Waals surface area (Å²) >= 11 is 0. The molecule has 13 heavy (non-hydrogen) atoms. The van der Waals surface area contributed by atoms with E-state index in [1.807, 2.05) is 19.1 Å². The summed E-state index contributed by atoms with van der Waals surface area (Å²) in [6, 6.07) is 6.24. The molecular weight excluding hydrogens is 162 g/mol. The van der Waals surface area contributed by atoms with Gasteiger partial charge in [0, 0.05) is 6.04 Å². The third kappa shape index (κ3) is 2.46. The van der Waals surface area contributed by atoms with E-state index in [-0.39, 0.29) is 6.04 Å². The summed E-state index contributed by atoms with van der Waals surface area (Å²) in [6.45, 7) is 4.09. The topological polar surface area (TPSA) is 35.2 Å². The minimum atomic E-state index is 0.176.